The molecule has 0 saturated carbocycles. The molecule has 4 N–H and O–H groups in total. The maximum Gasteiger partial charge on any atom is 0.262 e. The molecule has 0 saturated heterocycles. The molecule has 0 spiro atoms. The van der Waals surface area contributed by atoms with Gasteiger partial charge in [0, 0.05) is 47.8 Å². The number of nitrogen functional groups attached to an aromatic ring is 1. The van der Waals surface area contributed by atoms with Gasteiger partial charge in [-0.3, -0.25) is 14.4 Å². The summed E-state index contributed by atoms with van der Waals surface area (Å²) in [6.07, 6.45) is 8.50. The largest absolute Gasteiger partial charge is 1.00 e. The van der Waals surface area contributed by atoms with Crippen LogP contribution in [-0.4, -0.2) is 47.1 Å². The number of hydrogen-bond acceptors (Lipinski definition) is 6. The summed E-state index contributed by atoms with van der Waals surface area (Å²) in [4.78, 5) is 38.1. The van der Waals surface area contributed by atoms with E-state index in [-0.39, 0.29) is 54.0 Å². The number of benzene rings is 2. The predicted molar refractivity (Wildman–Crippen MR) is 140 cm³/mol. The van der Waals surface area contributed by atoms with Gasteiger partial charge in [0.25, 0.3) is 5.91 Å². The summed E-state index contributed by atoms with van der Waals surface area (Å²) in [7, 11) is 0. The Balaban J connectivity index is 0.00000228. The first kappa shape index (κ1) is 29.1. The lowest BCUT2D eigenvalue weighted by molar-refractivity contribution is -0.684. The fourth-order valence-corrected chi connectivity index (χ4v) is 4.36. The van der Waals surface area contributed by atoms with E-state index >= 15 is 0 Å². The van der Waals surface area contributed by atoms with Gasteiger partial charge in [0.2, 0.25) is 6.33 Å². The average Bonchev–Trinajstić information content (AvgIpc) is 3.28. The SMILES string of the molecule is C.CSCCNC(=O)C[n+]1ccn(CCCNc2ccc(N)c3c2C(=O)c2ccccc2C3=O)c1.[Br-]. The van der Waals surface area contributed by atoms with Crippen LogP contribution >= 0.6 is 11.8 Å². The Labute approximate surface area is 226 Å². The van der Waals surface area contributed by atoms with Gasteiger partial charge in [0.1, 0.15) is 12.4 Å². The molecule has 1 aliphatic carbocycles. The number of aromatic nitrogens is 2. The number of halogens is 1. The van der Waals surface area contributed by atoms with Crippen molar-refractivity contribution in [1.82, 2.24) is 9.88 Å². The molecule has 3 aromatic rings. The third-order valence-corrected chi connectivity index (χ3v) is 6.33. The zero-order chi connectivity index (χ0) is 24.1. The maximum atomic E-state index is 13.2. The van der Waals surface area contributed by atoms with Crippen molar-refractivity contribution >= 4 is 40.6 Å². The average molecular weight is 575 g/mol. The molecule has 10 heteroatoms. The number of carbonyl (C=O) groups is 3. The van der Waals surface area contributed by atoms with E-state index in [9.17, 15) is 14.4 Å². The lowest BCUT2D eigenvalue weighted by Crippen LogP contribution is -3.00. The first-order valence-electron chi connectivity index (χ1n) is 11.1. The standard InChI is InChI=1S/C25H27N5O3S.CH4.BrH/c1-34-14-10-28-21(31)15-30-13-12-29(16-30)11-4-9-27-20-8-7-19(26)22-23(20)25(33)18-6-3-2-5-17(18)24(22)32;;/h2-3,5-8,12-13,16H,4,9-11,14-15H2,1H3,(H3-,26,27,28,31,32,33);1H4;1H. The Morgan fingerprint density at radius 3 is 2.44 bits per heavy atom. The van der Waals surface area contributed by atoms with Crippen molar-refractivity contribution in [3.8, 4) is 0 Å². The number of thioether (sulfide) groups is 1. The second kappa shape index (κ2) is 13.3. The highest BCUT2D eigenvalue weighted by Gasteiger charge is 2.33. The molecule has 2 aromatic carbocycles. The van der Waals surface area contributed by atoms with Crippen molar-refractivity contribution in [2.75, 3.05) is 36.1 Å². The highest BCUT2D eigenvalue weighted by Crippen LogP contribution is 2.35. The molecule has 0 unspecified atom stereocenters. The molecule has 1 aliphatic rings. The number of carbonyl (C=O) groups excluding carboxylic acids is 3. The summed E-state index contributed by atoms with van der Waals surface area (Å²) < 4.78 is 3.86. The number of nitrogens with two attached hydrogens (primary N) is 1. The van der Waals surface area contributed by atoms with Gasteiger partial charge < -0.3 is 33.3 Å². The summed E-state index contributed by atoms with van der Waals surface area (Å²) in [5.41, 5.74) is 8.42. The van der Waals surface area contributed by atoms with Crippen molar-refractivity contribution in [2.24, 2.45) is 0 Å². The first-order valence-corrected chi connectivity index (χ1v) is 12.5. The van der Waals surface area contributed by atoms with E-state index in [1.54, 1.807) is 48.2 Å². The zero-order valence-electron chi connectivity index (χ0n) is 19.4. The molecule has 1 amide bonds. The highest BCUT2D eigenvalue weighted by atomic mass is 79.9. The molecule has 0 bridgehead atoms. The molecule has 0 atom stereocenters. The van der Waals surface area contributed by atoms with Crippen LogP contribution in [0.3, 0.4) is 0 Å². The minimum absolute atomic E-state index is 0. The van der Waals surface area contributed by atoms with Crippen LogP contribution < -0.4 is 37.9 Å². The first-order chi connectivity index (χ1) is 16.5. The fourth-order valence-electron chi connectivity index (χ4n) is 4.06. The Hall–Kier alpha value is -3.11. The van der Waals surface area contributed by atoms with Crippen LogP contribution in [0.15, 0.2) is 55.1 Å². The van der Waals surface area contributed by atoms with Crippen LogP contribution in [0.5, 0.6) is 0 Å². The van der Waals surface area contributed by atoms with Crippen LogP contribution in [0.2, 0.25) is 0 Å². The molecule has 1 aromatic heterocycles. The Kier molecular flexibility index (Phi) is 10.7. The number of rotatable bonds is 10. The number of imidazole rings is 1. The Bertz CT molecular complexity index is 1240. The summed E-state index contributed by atoms with van der Waals surface area (Å²) in [5.74, 6) is 0.476. The smallest absolute Gasteiger partial charge is 0.262 e. The third kappa shape index (κ3) is 6.36. The van der Waals surface area contributed by atoms with Gasteiger partial charge in [-0.25, -0.2) is 9.13 Å². The number of fused-ring (bicyclic) bond motifs is 2. The van der Waals surface area contributed by atoms with Crippen molar-refractivity contribution in [3.63, 3.8) is 0 Å². The molecule has 8 nitrogen and oxygen atoms in total. The number of aryl methyl sites for hydroxylation is 1. The fraction of sp³-hybridized carbons (Fsp3) is 0.308. The van der Waals surface area contributed by atoms with Crippen LogP contribution in [0.1, 0.15) is 45.7 Å². The molecule has 192 valence electrons. The summed E-state index contributed by atoms with van der Waals surface area (Å²) in [6, 6.07) is 10.3. The van der Waals surface area contributed by atoms with Gasteiger partial charge >= 0.3 is 0 Å². The quantitative estimate of drug-likeness (QED) is 0.137. The number of anilines is 2. The maximum absolute atomic E-state index is 13.2. The lowest BCUT2D eigenvalue weighted by Gasteiger charge is -2.22. The molecule has 0 aliphatic heterocycles. The van der Waals surface area contributed by atoms with E-state index in [4.69, 9.17) is 5.73 Å². The molecule has 0 fully saturated rings. The second-order valence-corrected chi connectivity index (χ2v) is 9.09. The van der Waals surface area contributed by atoms with Gasteiger partial charge in [-0.1, -0.05) is 31.7 Å². The van der Waals surface area contributed by atoms with E-state index in [0.717, 1.165) is 18.7 Å². The van der Waals surface area contributed by atoms with E-state index in [1.807, 2.05) is 34.1 Å². The summed E-state index contributed by atoms with van der Waals surface area (Å²) in [5, 5.41) is 6.20. The summed E-state index contributed by atoms with van der Waals surface area (Å²) in [6.45, 7) is 2.30. The van der Waals surface area contributed by atoms with Crippen LogP contribution in [0.25, 0.3) is 0 Å². The molecule has 0 radical (unpaired) electrons. The topological polar surface area (TPSA) is 110 Å². The zero-order valence-corrected chi connectivity index (χ0v) is 21.8. The number of hydrogen-bond donors (Lipinski definition) is 3. The monoisotopic (exact) mass is 573 g/mol. The number of amides is 1. The molecular formula is C26H32BrN5O3S. The highest BCUT2D eigenvalue weighted by molar-refractivity contribution is 7.98. The minimum Gasteiger partial charge on any atom is -1.00 e. The van der Waals surface area contributed by atoms with Gasteiger partial charge in [-0.15, -0.1) is 0 Å². The minimum atomic E-state index is -0.222. The van der Waals surface area contributed by atoms with Crippen LogP contribution in [-0.2, 0) is 17.9 Å². The Morgan fingerprint density at radius 2 is 1.75 bits per heavy atom. The van der Waals surface area contributed by atoms with Crippen molar-refractivity contribution < 1.29 is 35.9 Å². The third-order valence-electron chi connectivity index (χ3n) is 5.72. The van der Waals surface area contributed by atoms with Crippen molar-refractivity contribution in [3.05, 3.63) is 77.4 Å². The van der Waals surface area contributed by atoms with E-state index < -0.39 is 0 Å². The Morgan fingerprint density at radius 1 is 1.06 bits per heavy atom. The molecule has 1 heterocycles. The lowest BCUT2D eigenvalue weighted by atomic mass is 9.82. The van der Waals surface area contributed by atoms with Gasteiger partial charge in [0.15, 0.2) is 18.1 Å². The van der Waals surface area contributed by atoms with Gasteiger partial charge in [-0.2, -0.15) is 11.8 Å². The van der Waals surface area contributed by atoms with Crippen molar-refractivity contribution in [2.45, 2.75) is 26.9 Å². The number of nitrogens with one attached hydrogen (secondary N) is 2. The van der Waals surface area contributed by atoms with Gasteiger partial charge in [0.05, 0.1) is 17.7 Å². The van der Waals surface area contributed by atoms with E-state index in [0.29, 0.717) is 41.2 Å². The second-order valence-electron chi connectivity index (χ2n) is 8.10. The van der Waals surface area contributed by atoms with Crippen molar-refractivity contribution in [1.29, 1.82) is 0 Å². The van der Waals surface area contributed by atoms with Gasteiger partial charge in [-0.05, 0) is 18.4 Å². The molecule has 36 heavy (non-hydrogen) atoms. The summed E-state index contributed by atoms with van der Waals surface area (Å²) >= 11 is 1.70. The van der Waals surface area contributed by atoms with Crippen LogP contribution in [0, 0.1) is 0 Å². The molecular weight excluding hydrogens is 542 g/mol. The number of ketones is 2. The normalized spacial score (nSPS) is 11.6. The van der Waals surface area contributed by atoms with E-state index in [2.05, 4.69) is 10.6 Å². The van der Waals surface area contributed by atoms with Crippen LogP contribution in [0.4, 0.5) is 11.4 Å². The van der Waals surface area contributed by atoms with E-state index in [1.165, 1.54) is 0 Å². The predicted octanol–water partition coefficient (Wildman–Crippen LogP) is -0.245. The number of nitrogens with zero attached hydrogens (tertiary/aromatic N) is 2. The molecule has 4 rings (SSSR count).